The lowest BCUT2D eigenvalue weighted by Crippen LogP contribution is -1.86. The van der Waals surface area contributed by atoms with E-state index < -0.39 is 0 Å². The van der Waals surface area contributed by atoms with E-state index in [4.69, 9.17) is 0 Å². The van der Waals surface area contributed by atoms with Gasteiger partial charge < -0.3 is 0 Å². The van der Waals surface area contributed by atoms with Crippen LogP contribution in [0.3, 0.4) is 0 Å². The van der Waals surface area contributed by atoms with Crippen molar-refractivity contribution >= 4 is 35.3 Å². The van der Waals surface area contributed by atoms with Crippen LogP contribution in [0, 0.1) is 0 Å². The molecule has 1 aromatic heterocycles. The fourth-order valence-corrected chi connectivity index (χ4v) is 3.80. The summed E-state index contributed by atoms with van der Waals surface area (Å²) in [7, 11) is 0. The largest absolute Gasteiger partial charge is 0.255 e. The number of benzene rings is 1. The fourth-order valence-electron chi connectivity index (χ4n) is 2.50. The molecule has 0 saturated heterocycles. The van der Waals surface area contributed by atoms with Crippen molar-refractivity contribution in [1.82, 2.24) is 4.98 Å². The van der Waals surface area contributed by atoms with E-state index in [1.54, 1.807) is 0 Å². The second-order valence-electron chi connectivity index (χ2n) is 5.45. The number of nitrogens with zero attached hydrogens (tertiary/aromatic N) is 1. The first-order valence-electron chi connectivity index (χ1n) is 8.02. The van der Waals surface area contributed by atoms with Crippen molar-refractivity contribution in [3.63, 3.8) is 0 Å². The second-order valence-corrected chi connectivity index (χ2v) is 7.07. The third-order valence-corrected chi connectivity index (χ3v) is 5.23. The molecule has 1 nitrogen and oxygen atoms in total. The SMILES string of the molecule is CCCCCCCCCSc1ccc(S)c2ncccc12. The van der Waals surface area contributed by atoms with Gasteiger partial charge in [-0.2, -0.15) is 0 Å². The van der Waals surface area contributed by atoms with Gasteiger partial charge in [-0.25, -0.2) is 0 Å². The van der Waals surface area contributed by atoms with Crippen LogP contribution < -0.4 is 0 Å². The van der Waals surface area contributed by atoms with Gasteiger partial charge in [0.25, 0.3) is 0 Å². The van der Waals surface area contributed by atoms with Crippen LogP contribution >= 0.6 is 24.4 Å². The third-order valence-electron chi connectivity index (χ3n) is 3.71. The average Bonchev–Trinajstić information content (AvgIpc) is 2.52. The molecule has 0 aliphatic rings. The van der Waals surface area contributed by atoms with Gasteiger partial charge in [-0.05, 0) is 30.4 Å². The minimum absolute atomic E-state index is 0.964. The van der Waals surface area contributed by atoms with Gasteiger partial charge in [0.1, 0.15) is 0 Å². The van der Waals surface area contributed by atoms with Crippen molar-refractivity contribution in [2.75, 3.05) is 5.75 Å². The summed E-state index contributed by atoms with van der Waals surface area (Å²) in [5, 5.41) is 1.23. The Morgan fingerprint density at radius 1 is 1.00 bits per heavy atom. The van der Waals surface area contributed by atoms with Gasteiger partial charge in [-0.15, -0.1) is 24.4 Å². The lowest BCUT2D eigenvalue weighted by Gasteiger charge is -2.07. The molecule has 0 aliphatic heterocycles. The zero-order valence-electron chi connectivity index (χ0n) is 12.8. The predicted molar refractivity (Wildman–Crippen MR) is 97.7 cm³/mol. The van der Waals surface area contributed by atoms with Crippen molar-refractivity contribution in [2.24, 2.45) is 0 Å². The summed E-state index contributed by atoms with van der Waals surface area (Å²) in [6, 6.07) is 8.40. The number of thioether (sulfide) groups is 1. The van der Waals surface area contributed by atoms with Gasteiger partial charge in [0.2, 0.25) is 0 Å². The molecule has 0 unspecified atom stereocenters. The zero-order valence-corrected chi connectivity index (χ0v) is 14.6. The van der Waals surface area contributed by atoms with Crippen LogP contribution in [0.2, 0.25) is 0 Å². The first kappa shape index (κ1) is 16.7. The lowest BCUT2D eigenvalue weighted by atomic mass is 10.1. The maximum absolute atomic E-state index is 4.49. The van der Waals surface area contributed by atoms with Gasteiger partial charge in [0.15, 0.2) is 0 Å². The van der Waals surface area contributed by atoms with E-state index in [1.165, 1.54) is 61.0 Å². The first-order chi connectivity index (χ1) is 10.3. The minimum atomic E-state index is 0.964. The fraction of sp³-hybridized carbons (Fsp3) is 0.500. The van der Waals surface area contributed by atoms with Crippen LogP contribution in [0.5, 0.6) is 0 Å². The van der Waals surface area contributed by atoms with Crippen LogP contribution in [-0.2, 0) is 0 Å². The Morgan fingerprint density at radius 3 is 2.57 bits per heavy atom. The smallest absolute Gasteiger partial charge is 0.0846 e. The molecule has 0 radical (unpaired) electrons. The van der Waals surface area contributed by atoms with Gasteiger partial charge >= 0.3 is 0 Å². The van der Waals surface area contributed by atoms with Crippen LogP contribution in [0.15, 0.2) is 40.3 Å². The van der Waals surface area contributed by atoms with Crippen molar-refractivity contribution in [1.29, 1.82) is 0 Å². The van der Waals surface area contributed by atoms with Crippen LogP contribution in [0.25, 0.3) is 10.9 Å². The Morgan fingerprint density at radius 2 is 1.76 bits per heavy atom. The average molecular weight is 320 g/mol. The standard InChI is InChI=1S/C18H25NS2/c1-2-3-4-5-6-7-8-14-21-17-12-11-16(20)18-15(17)10-9-13-19-18/h9-13,20H,2-8,14H2,1H3. The highest BCUT2D eigenvalue weighted by atomic mass is 32.2. The molecular weight excluding hydrogens is 294 g/mol. The van der Waals surface area contributed by atoms with E-state index in [-0.39, 0.29) is 0 Å². The summed E-state index contributed by atoms with van der Waals surface area (Å²) < 4.78 is 0. The number of aromatic nitrogens is 1. The first-order valence-corrected chi connectivity index (χ1v) is 9.45. The maximum atomic E-state index is 4.49. The molecule has 3 heteroatoms. The number of fused-ring (bicyclic) bond motifs is 1. The molecule has 0 N–H and O–H groups in total. The second kappa shape index (κ2) is 9.37. The summed E-state index contributed by atoms with van der Waals surface area (Å²) in [5.41, 5.74) is 1.02. The summed E-state index contributed by atoms with van der Waals surface area (Å²) in [6.45, 7) is 2.27. The molecule has 0 saturated carbocycles. The topological polar surface area (TPSA) is 12.9 Å². The Bertz CT molecular complexity index is 554. The zero-order chi connectivity index (χ0) is 14.9. The van der Waals surface area contributed by atoms with Crippen molar-refractivity contribution < 1.29 is 0 Å². The molecule has 0 amide bonds. The van der Waals surface area contributed by atoms with E-state index >= 15 is 0 Å². The van der Waals surface area contributed by atoms with E-state index in [0.717, 1.165) is 10.4 Å². The number of hydrogen-bond acceptors (Lipinski definition) is 3. The Hall–Kier alpha value is -0.670. The monoisotopic (exact) mass is 319 g/mol. The highest BCUT2D eigenvalue weighted by Crippen LogP contribution is 2.31. The molecule has 114 valence electrons. The Balaban J connectivity index is 1.78. The van der Waals surface area contributed by atoms with Crippen LogP contribution in [-0.4, -0.2) is 10.7 Å². The van der Waals surface area contributed by atoms with Gasteiger partial charge in [-0.1, -0.05) is 51.5 Å². The Kier molecular flexibility index (Phi) is 7.45. The predicted octanol–water partition coefficient (Wildman–Crippen LogP) is 6.37. The van der Waals surface area contributed by atoms with E-state index in [0.29, 0.717) is 0 Å². The van der Waals surface area contributed by atoms with Crippen LogP contribution in [0.1, 0.15) is 51.9 Å². The number of rotatable bonds is 9. The highest BCUT2D eigenvalue weighted by Gasteiger charge is 2.05. The summed E-state index contributed by atoms with van der Waals surface area (Å²) in [5.74, 6) is 1.20. The molecule has 2 rings (SSSR count). The molecular formula is C18H25NS2. The van der Waals surface area contributed by atoms with Crippen molar-refractivity contribution in [2.45, 2.75) is 61.7 Å². The van der Waals surface area contributed by atoms with Gasteiger partial charge in [0, 0.05) is 21.4 Å². The molecule has 21 heavy (non-hydrogen) atoms. The molecule has 1 heterocycles. The molecule has 0 spiro atoms. The van der Waals surface area contributed by atoms with Crippen molar-refractivity contribution in [3.8, 4) is 0 Å². The number of pyridine rings is 1. The Labute approximate surface area is 138 Å². The van der Waals surface area contributed by atoms with E-state index in [2.05, 4.69) is 42.7 Å². The molecule has 2 aromatic rings. The summed E-state index contributed by atoms with van der Waals surface area (Å²) in [4.78, 5) is 6.74. The molecule has 0 atom stereocenters. The molecule has 1 aromatic carbocycles. The quantitative estimate of drug-likeness (QED) is 0.328. The molecule has 0 fully saturated rings. The van der Waals surface area contributed by atoms with Gasteiger partial charge in [-0.3, -0.25) is 4.98 Å². The summed E-state index contributed by atoms with van der Waals surface area (Å²) in [6.07, 6.45) is 11.4. The molecule has 0 bridgehead atoms. The minimum Gasteiger partial charge on any atom is -0.255 e. The highest BCUT2D eigenvalue weighted by molar-refractivity contribution is 7.99. The van der Waals surface area contributed by atoms with Gasteiger partial charge in [0.05, 0.1) is 5.52 Å². The van der Waals surface area contributed by atoms with Crippen molar-refractivity contribution in [3.05, 3.63) is 30.5 Å². The van der Waals surface area contributed by atoms with E-state index in [1.807, 2.05) is 24.0 Å². The lowest BCUT2D eigenvalue weighted by molar-refractivity contribution is 0.603. The number of unbranched alkanes of at least 4 members (excludes halogenated alkanes) is 6. The third kappa shape index (κ3) is 5.23. The number of thiol groups is 1. The van der Waals surface area contributed by atoms with E-state index in [9.17, 15) is 0 Å². The molecule has 0 aliphatic carbocycles. The normalized spacial score (nSPS) is 11.1. The van der Waals surface area contributed by atoms with Crippen LogP contribution in [0.4, 0.5) is 0 Å². The summed E-state index contributed by atoms with van der Waals surface area (Å²) >= 11 is 6.44. The number of hydrogen-bond donors (Lipinski definition) is 1. The maximum Gasteiger partial charge on any atom is 0.0846 e.